The number of nitrogens with zero attached hydrogens (tertiary/aromatic N) is 3. The monoisotopic (exact) mass is 442 g/mol. The lowest BCUT2D eigenvalue weighted by Crippen LogP contribution is -2.39. The Kier molecular flexibility index (Phi) is 5.27. The first kappa shape index (κ1) is 20.4. The Morgan fingerprint density at radius 3 is 2.27 bits per heavy atom. The molecule has 1 aromatic heterocycles. The lowest BCUT2D eigenvalue weighted by atomic mass is 9.98. The highest BCUT2D eigenvalue weighted by atomic mass is 16.7. The quantitative estimate of drug-likeness (QED) is 0.472. The Morgan fingerprint density at radius 1 is 0.909 bits per heavy atom. The number of rotatable bonds is 5. The molecule has 0 unspecified atom stereocenters. The molecule has 3 aromatic carbocycles. The SMILES string of the molecule is O=C(CNC(=O)OCC1c2ccccc2-c2ccccc21)On1nnc2ccccc2c1=O. The zero-order valence-corrected chi connectivity index (χ0v) is 17.3. The Bertz CT molecular complexity index is 1390. The second kappa shape index (κ2) is 8.54. The minimum atomic E-state index is -0.893. The first-order chi connectivity index (χ1) is 16.1. The number of carbonyl (C=O) groups is 2. The summed E-state index contributed by atoms with van der Waals surface area (Å²) in [6.07, 6.45) is -0.772. The summed E-state index contributed by atoms with van der Waals surface area (Å²) in [5, 5.41) is 9.98. The van der Waals surface area contributed by atoms with Gasteiger partial charge in [-0.25, -0.2) is 9.59 Å². The van der Waals surface area contributed by atoms with Gasteiger partial charge < -0.3 is 14.9 Å². The van der Waals surface area contributed by atoms with Gasteiger partial charge in [-0.05, 0) is 44.4 Å². The lowest BCUT2D eigenvalue weighted by molar-refractivity contribution is -0.145. The fraction of sp³-hybridized carbons (Fsp3) is 0.125. The summed E-state index contributed by atoms with van der Waals surface area (Å²) in [4.78, 5) is 42.0. The Balaban J connectivity index is 1.19. The van der Waals surface area contributed by atoms with Crippen LogP contribution in [0.15, 0.2) is 77.6 Å². The van der Waals surface area contributed by atoms with Crippen molar-refractivity contribution in [2.24, 2.45) is 0 Å². The molecule has 0 bridgehead atoms. The second-order valence-corrected chi connectivity index (χ2v) is 7.43. The van der Waals surface area contributed by atoms with Crippen molar-refractivity contribution in [2.45, 2.75) is 5.92 Å². The number of aromatic nitrogens is 3. The maximum Gasteiger partial charge on any atom is 0.407 e. The molecule has 164 valence electrons. The number of alkyl carbamates (subject to hydrolysis) is 1. The molecule has 1 N–H and O–H groups in total. The standard InChI is InChI=1S/C24H18N4O5/c29-22(33-28-23(30)19-11-5-6-12-21(19)26-27-28)13-25-24(31)32-14-20-17-9-3-1-7-15(17)16-8-2-4-10-18(16)20/h1-12,20H,13-14H2,(H,25,31). The van der Waals surface area contributed by atoms with Crippen LogP contribution in [-0.2, 0) is 9.53 Å². The van der Waals surface area contributed by atoms with E-state index >= 15 is 0 Å². The maximum atomic E-state index is 12.3. The summed E-state index contributed by atoms with van der Waals surface area (Å²) in [6.45, 7) is -0.387. The van der Waals surface area contributed by atoms with Crippen molar-refractivity contribution in [3.05, 3.63) is 94.3 Å². The van der Waals surface area contributed by atoms with Crippen LogP contribution in [0.4, 0.5) is 4.79 Å². The first-order valence-electron chi connectivity index (χ1n) is 10.3. The third kappa shape index (κ3) is 3.91. The van der Waals surface area contributed by atoms with Gasteiger partial charge in [0.1, 0.15) is 18.7 Å². The number of hydrogen-bond acceptors (Lipinski definition) is 7. The molecule has 1 aliphatic carbocycles. The molecule has 1 amide bonds. The van der Waals surface area contributed by atoms with Crippen LogP contribution in [-0.4, -0.2) is 40.4 Å². The van der Waals surface area contributed by atoms with E-state index < -0.39 is 24.2 Å². The van der Waals surface area contributed by atoms with Crippen LogP contribution < -0.4 is 15.7 Å². The van der Waals surface area contributed by atoms with E-state index in [1.165, 1.54) is 0 Å². The van der Waals surface area contributed by atoms with Crippen molar-refractivity contribution in [3.63, 3.8) is 0 Å². The highest BCUT2D eigenvalue weighted by molar-refractivity contribution is 5.80. The largest absolute Gasteiger partial charge is 0.449 e. The molecule has 0 saturated carbocycles. The number of nitrogens with one attached hydrogen (secondary N) is 1. The summed E-state index contributed by atoms with van der Waals surface area (Å²) < 4.78 is 5.37. The van der Waals surface area contributed by atoms with E-state index in [2.05, 4.69) is 15.6 Å². The number of carbonyl (C=O) groups excluding carboxylic acids is 2. The summed E-state index contributed by atoms with van der Waals surface area (Å²) in [5.41, 5.74) is 4.15. The Labute approximate surface area is 187 Å². The van der Waals surface area contributed by atoms with Crippen LogP contribution in [0, 0.1) is 0 Å². The zero-order chi connectivity index (χ0) is 22.8. The van der Waals surface area contributed by atoms with E-state index in [4.69, 9.17) is 9.57 Å². The average molecular weight is 442 g/mol. The normalized spacial score (nSPS) is 12.1. The molecule has 1 heterocycles. The zero-order valence-electron chi connectivity index (χ0n) is 17.3. The average Bonchev–Trinajstić information content (AvgIpc) is 3.17. The summed E-state index contributed by atoms with van der Waals surface area (Å²) >= 11 is 0. The lowest BCUT2D eigenvalue weighted by Gasteiger charge is -2.14. The van der Waals surface area contributed by atoms with Crippen molar-refractivity contribution in [3.8, 4) is 11.1 Å². The van der Waals surface area contributed by atoms with Gasteiger partial charge in [0, 0.05) is 5.92 Å². The predicted molar refractivity (Wildman–Crippen MR) is 118 cm³/mol. The minimum Gasteiger partial charge on any atom is -0.449 e. The molecule has 9 nitrogen and oxygen atoms in total. The van der Waals surface area contributed by atoms with E-state index in [-0.39, 0.29) is 17.9 Å². The highest BCUT2D eigenvalue weighted by Gasteiger charge is 2.29. The predicted octanol–water partition coefficient (Wildman–Crippen LogP) is 2.29. The van der Waals surface area contributed by atoms with Crippen molar-refractivity contribution in [1.82, 2.24) is 20.5 Å². The van der Waals surface area contributed by atoms with Crippen LogP contribution in [0.3, 0.4) is 0 Å². The molecule has 33 heavy (non-hydrogen) atoms. The first-order valence-corrected chi connectivity index (χ1v) is 10.3. The number of hydrogen-bond donors (Lipinski definition) is 1. The number of fused-ring (bicyclic) bond motifs is 4. The molecule has 1 aliphatic rings. The number of benzene rings is 3. The molecule has 0 radical (unpaired) electrons. The van der Waals surface area contributed by atoms with Crippen LogP contribution in [0.2, 0.25) is 0 Å². The molecule has 0 saturated heterocycles. The van der Waals surface area contributed by atoms with E-state index in [1.807, 2.05) is 48.5 Å². The minimum absolute atomic E-state index is 0.0958. The third-order valence-corrected chi connectivity index (χ3v) is 5.45. The number of amides is 1. The van der Waals surface area contributed by atoms with Gasteiger partial charge in [0.2, 0.25) is 0 Å². The van der Waals surface area contributed by atoms with E-state index in [1.54, 1.807) is 24.3 Å². The van der Waals surface area contributed by atoms with Gasteiger partial charge >= 0.3 is 17.6 Å². The second-order valence-electron chi connectivity index (χ2n) is 7.43. The third-order valence-electron chi connectivity index (χ3n) is 5.45. The molecule has 0 atom stereocenters. The van der Waals surface area contributed by atoms with Crippen LogP contribution in [0.1, 0.15) is 17.0 Å². The maximum absolute atomic E-state index is 12.3. The van der Waals surface area contributed by atoms with Gasteiger partial charge in [0.25, 0.3) is 0 Å². The van der Waals surface area contributed by atoms with Gasteiger partial charge in [0.15, 0.2) is 0 Å². The van der Waals surface area contributed by atoms with E-state index in [0.717, 1.165) is 22.3 Å². The molecule has 9 heteroatoms. The fourth-order valence-electron chi connectivity index (χ4n) is 3.96. The summed E-state index contributed by atoms with van der Waals surface area (Å²) in [7, 11) is 0. The highest BCUT2D eigenvalue weighted by Crippen LogP contribution is 2.44. The van der Waals surface area contributed by atoms with E-state index in [9.17, 15) is 14.4 Å². The Morgan fingerprint density at radius 2 is 1.55 bits per heavy atom. The Hall–Kier alpha value is -4.53. The number of ether oxygens (including phenoxy) is 1. The molecular formula is C24H18N4O5. The molecule has 4 aromatic rings. The van der Waals surface area contributed by atoms with Crippen molar-refractivity contribution in [1.29, 1.82) is 0 Å². The van der Waals surface area contributed by atoms with Crippen molar-refractivity contribution >= 4 is 23.0 Å². The van der Waals surface area contributed by atoms with Gasteiger partial charge in [-0.2, -0.15) is 0 Å². The molecule has 5 rings (SSSR count). The smallest absolute Gasteiger partial charge is 0.407 e. The summed E-state index contributed by atoms with van der Waals surface area (Å²) in [5.74, 6) is -0.989. The van der Waals surface area contributed by atoms with Crippen LogP contribution in [0.5, 0.6) is 0 Å². The van der Waals surface area contributed by atoms with Gasteiger partial charge in [0.05, 0.1) is 5.39 Å². The topological polar surface area (TPSA) is 112 Å². The van der Waals surface area contributed by atoms with Crippen LogP contribution >= 0.6 is 0 Å². The van der Waals surface area contributed by atoms with Gasteiger partial charge in [-0.15, -0.1) is 5.10 Å². The molecular weight excluding hydrogens is 424 g/mol. The van der Waals surface area contributed by atoms with E-state index in [0.29, 0.717) is 10.4 Å². The summed E-state index contributed by atoms with van der Waals surface area (Å²) in [6, 6.07) is 22.5. The van der Waals surface area contributed by atoms with Crippen molar-refractivity contribution in [2.75, 3.05) is 13.2 Å². The van der Waals surface area contributed by atoms with Crippen molar-refractivity contribution < 1.29 is 19.2 Å². The fourth-order valence-corrected chi connectivity index (χ4v) is 3.96. The molecule has 0 aliphatic heterocycles. The van der Waals surface area contributed by atoms with Gasteiger partial charge in [-0.1, -0.05) is 60.7 Å². The van der Waals surface area contributed by atoms with Crippen LogP contribution in [0.25, 0.3) is 22.0 Å². The molecule has 0 spiro atoms. The molecule has 0 fully saturated rings. The van der Waals surface area contributed by atoms with Gasteiger partial charge in [-0.3, -0.25) is 4.79 Å².